The second-order valence-electron chi connectivity index (χ2n) is 5.06. The highest BCUT2D eigenvalue weighted by Gasteiger charge is 2.15. The van der Waals surface area contributed by atoms with E-state index in [0.717, 1.165) is 24.6 Å². The fourth-order valence-electron chi connectivity index (χ4n) is 2.47. The highest BCUT2D eigenvalue weighted by atomic mass is 15.3. The number of anilines is 3. The quantitative estimate of drug-likeness (QED) is 0.857. The SMILES string of the molecule is CN(c1ccccc1)c1nncc(N2CCCCC2)n1. The monoisotopic (exact) mass is 269 g/mol. The number of aromatic nitrogens is 3. The summed E-state index contributed by atoms with van der Waals surface area (Å²) < 4.78 is 0. The number of hydrogen-bond acceptors (Lipinski definition) is 5. The Balaban J connectivity index is 1.83. The van der Waals surface area contributed by atoms with Crippen molar-refractivity contribution in [1.29, 1.82) is 0 Å². The lowest BCUT2D eigenvalue weighted by molar-refractivity contribution is 0.571. The predicted molar refractivity (Wildman–Crippen MR) is 80.4 cm³/mol. The van der Waals surface area contributed by atoms with Gasteiger partial charge in [-0.25, -0.2) is 0 Å². The van der Waals surface area contributed by atoms with Gasteiger partial charge in [0.25, 0.3) is 5.95 Å². The van der Waals surface area contributed by atoms with E-state index in [9.17, 15) is 0 Å². The van der Waals surface area contributed by atoms with Crippen LogP contribution in [0.25, 0.3) is 0 Å². The smallest absolute Gasteiger partial charge is 0.251 e. The second-order valence-corrected chi connectivity index (χ2v) is 5.06. The van der Waals surface area contributed by atoms with E-state index in [0.29, 0.717) is 5.95 Å². The number of hydrogen-bond donors (Lipinski definition) is 0. The van der Waals surface area contributed by atoms with Crippen LogP contribution in [0.4, 0.5) is 17.5 Å². The molecule has 2 aromatic rings. The van der Waals surface area contributed by atoms with Crippen LogP contribution in [0.3, 0.4) is 0 Å². The number of rotatable bonds is 3. The Hall–Kier alpha value is -2.17. The maximum Gasteiger partial charge on any atom is 0.251 e. The van der Waals surface area contributed by atoms with E-state index < -0.39 is 0 Å². The summed E-state index contributed by atoms with van der Waals surface area (Å²) >= 11 is 0. The van der Waals surface area contributed by atoms with Gasteiger partial charge in [0.1, 0.15) is 0 Å². The first kappa shape index (κ1) is 12.8. The first-order valence-corrected chi connectivity index (χ1v) is 7.08. The van der Waals surface area contributed by atoms with Gasteiger partial charge >= 0.3 is 0 Å². The van der Waals surface area contributed by atoms with E-state index in [1.807, 2.05) is 42.3 Å². The molecule has 0 amide bonds. The first-order chi connectivity index (χ1) is 9.84. The van der Waals surface area contributed by atoms with Crippen molar-refractivity contribution >= 4 is 17.5 Å². The lowest BCUT2D eigenvalue weighted by atomic mass is 10.1. The number of benzene rings is 1. The molecule has 0 aliphatic carbocycles. The maximum atomic E-state index is 4.65. The molecule has 5 nitrogen and oxygen atoms in total. The summed E-state index contributed by atoms with van der Waals surface area (Å²) in [4.78, 5) is 8.90. The summed E-state index contributed by atoms with van der Waals surface area (Å²) in [6.45, 7) is 2.13. The largest absolute Gasteiger partial charge is 0.355 e. The Morgan fingerprint density at radius 2 is 1.80 bits per heavy atom. The Bertz CT molecular complexity index is 551. The van der Waals surface area contributed by atoms with Crippen molar-refractivity contribution in [3.8, 4) is 0 Å². The summed E-state index contributed by atoms with van der Waals surface area (Å²) in [5.41, 5.74) is 1.06. The molecule has 0 unspecified atom stereocenters. The van der Waals surface area contributed by atoms with Crippen molar-refractivity contribution in [2.75, 3.05) is 29.9 Å². The van der Waals surface area contributed by atoms with Crippen LogP contribution in [0.2, 0.25) is 0 Å². The van der Waals surface area contributed by atoms with Gasteiger partial charge in [0.2, 0.25) is 0 Å². The normalized spacial score (nSPS) is 15.2. The van der Waals surface area contributed by atoms with Gasteiger partial charge in [-0.3, -0.25) is 0 Å². The van der Waals surface area contributed by atoms with Gasteiger partial charge in [0.15, 0.2) is 5.82 Å². The minimum atomic E-state index is 0.638. The molecule has 0 atom stereocenters. The van der Waals surface area contributed by atoms with Crippen LogP contribution >= 0.6 is 0 Å². The molecule has 1 aliphatic rings. The van der Waals surface area contributed by atoms with E-state index in [2.05, 4.69) is 20.1 Å². The Kier molecular flexibility index (Phi) is 3.76. The molecule has 0 saturated carbocycles. The number of nitrogens with zero attached hydrogens (tertiary/aromatic N) is 5. The number of para-hydroxylation sites is 1. The molecule has 5 heteroatoms. The van der Waals surface area contributed by atoms with Gasteiger partial charge in [-0.15, -0.1) is 5.10 Å². The third-order valence-corrected chi connectivity index (χ3v) is 3.66. The first-order valence-electron chi connectivity index (χ1n) is 7.08. The highest BCUT2D eigenvalue weighted by Crippen LogP contribution is 2.22. The lowest BCUT2D eigenvalue weighted by Crippen LogP contribution is -2.30. The van der Waals surface area contributed by atoms with Crippen LogP contribution in [-0.4, -0.2) is 35.3 Å². The third-order valence-electron chi connectivity index (χ3n) is 3.66. The standard InChI is InChI=1S/C15H19N5/c1-19(13-8-4-2-5-9-13)15-17-14(12-16-18-15)20-10-6-3-7-11-20/h2,4-5,8-9,12H,3,6-7,10-11H2,1H3. The molecular formula is C15H19N5. The van der Waals surface area contributed by atoms with Crippen molar-refractivity contribution in [3.05, 3.63) is 36.5 Å². The zero-order valence-electron chi connectivity index (χ0n) is 11.7. The zero-order valence-corrected chi connectivity index (χ0v) is 11.7. The molecule has 0 bridgehead atoms. The minimum Gasteiger partial charge on any atom is -0.355 e. The molecule has 0 N–H and O–H groups in total. The zero-order chi connectivity index (χ0) is 13.8. The van der Waals surface area contributed by atoms with Crippen LogP contribution < -0.4 is 9.80 Å². The van der Waals surface area contributed by atoms with Crippen LogP contribution in [0.5, 0.6) is 0 Å². The van der Waals surface area contributed by atoms with E-state index in [1.54, 1.807) is 6.20 Å². The Morgan fingerprint density at radius 1 is 1.05 bits per heavy atom. The predicted octanol–water partition coefficient (Wildman–Crippen LogP) is 2.63. The molecule has 104 valence electrons. The van der Waals surface area contributed by atoms with Crippen molar-refractivity contribution in [2.45, 2.75) is 19.3 Å². The Morgan fingerprint density at radius 3 is 2.55 bits per heavy atom. The summed E-state index contributed by atoms with van der Waals surface area (Å²) in [6, 6.07) is 10.1. The molecule has 1 fully saturated rings. The van der Waals surface area contributed by atoms with Crippen molar-refractivity contribution in [2.24, 2.45) is 0 Å². The second kappa shape index (κ2) is 5.86. The van der Waals surface area contributed by atoms with Crippen molar-refractivity contribution in [3.63, 3.8) is 0 Å². The van der Waals surface area contributed by atoms with Crippen molar-refractivity contribution < 1.29 is 0 Å². The topological polar surface area (TPSA) is 45.2 Å². The van der Waals surface area contributed by atoms with Crippen LogP contribution in [-0.2, 0) is 0 Å². The van der Waals surface area contributed by atoms with Gasteiger partial charge in [-0.05, 0) is 31.4 Å². The van der Waals surface area contributed by atoms with Crippen LogP contribution in [0.1, 0.15) is 19.3 Å². The molecule has 1 saturated heterocycles. The molecule has 3 rings (SSSR count). The fraction of sp³-hybridized carbons (Fsp3) is 0.400. The van der Waals surface area contributed by atoms with E-state index in [-0.39, 0.29) is 0 Å². The number of piperidine rings is 1. The Labute approximate surface area is 119 Å². The van der Waals surface area contributed by atoms with Crippen molar-refractivity contribution in [1.82, 2.24) is 15.2 Å². The summed E-state index contributed by atoms with van der Waals surface area (Å²) in [5, 5.41) is 8.26. The molecular weight excluding hydrogens is 250 g/mol. The molecule has 1 aromatic carbocycles. The average molecular weight is 269 g/mol. The average Bonchev–Trinajstić information content (AvgIpc) is 2.56. The van der Waals surface area contributed by atoms with E-state index in [1.165, 1.54) is 19.3 Å². The summed E-state index contributed by atoms with van der Waals surface area (Å²) in [6.07, 6.45) is 5.53. The molecule has 2 heterocycles. The fourth-order valence-corrected chi connectivity index (χ4v) is 2.47. The molecule has 0 spiro atoms. The van der Waals surface area contributed by atoms with Gasteiger partial charge in [-0.1, -0.05) is 18.2 Å². The van der Waals surface area contributed by atoms with Gasteiger partial charge in [0.05, 0.1) is 6.20 Å². The summed E-state index contributed by atoms with van der Waals surface area (Å²) in [5.74, 6) is 1.57. The van der Waals surface area contributed by atoms with E-state index in [4.69, 9.17) is 0 Å². The van der Waals surface area contributed by atoms with Gasteiger partial charge < -0.3 is 9.80 Å². The molecule has 1 aliphatic heterocycles. The van der Waals surface area contributed by atoms with Crippen LogP contribution in [0.15, 0.2) is 36.5 Å². The van der Waals surface area contributed by atoms with Gasteiger partial charge in [-0.2, -0.15) is 10.1 Å². The van der Waals surface area contributed by atoms with Crippen LogP contribution in [0, 0.1) is 0 Å². The third kappa shape index (κ3) is 2.71. The minimum absolute atomic E-state index is 0.638. The molecule has 20 heavy (non-hydrogen) atoms. The summed E-state index contributed by atoms with van der Waals surface area (Å²) in [7, 11) is 1.96. The molecule has 1 aromatic heterocycles. The maximum absolute atomic E-state index is 4.65. The lowest BCUT2D eigenvalue weighted by Gasteiger charge is -2.28. The highest BCUT2D eigenvalue weighted by molar-refractivity contribution is 5.56. The molecule has 0 radical (unpaired) electrons. The van der Waals surface area contributed by atoms with E-state index >= 15 is 0 Å². The van der Waals surface area contributed by atoms with Gasteiger partial charge in [0, 0.05) is 25.8 Å².